The maximum atomic E-state index is 10.5. The second-order valence-electron chi connectivity index (χ2n) is 30.6. The second kappa shape index (κ2) is 61.9. The number of nitrogens with one attached hydrogen (secondary N) is 7. The number of aliphatic carboxylic acids is 2. The van der Waals surface area contributed by atoms with Gasteiger partial charge in [-0.25, -0.2) is 44.9 Å². The fraction of sp³-hybridized carbons (Fsp3) is 0.211. The number of nitrogens with zero attached hydrogens (tertiary/aromatic N) is 7. The third kappa shape index (κ3) is 42.8. The number of halogens is 9. The van der Waals surface area contributed by atoms with Crippen LogP contribution in [-0.2, 0) is 29.0 Å². The van der Waals surface area contributed by atoms with Crippen molar-refractivity contribution >= 4 is 103 Å². The number of thioether (sulfide) groups is 1. The predicted octanol–water partition coefficient (Wildman–Crippen LogP) is 10.6. The molecule has 4 aromatic carbocycles. The van der Waals surface area contributed by atoms with Crippen molar-refractivity contribution in [3.8, 4) is 105 Å². The van der Waals surface area contributed by atoms with Crippen LogP contribution in [0.25, 0.3) is 33.6 Å². The molecule has 1 atom stereocenters. The summed E-state index contributed by atoms with van der Waals surface area (Å²) in [5.41, 5.74) is 23.4. The molecule has 0 aliphatic carbocycles. The minimum Gasteiger partial charge on any atom is -1.00 e. The van der Waals surface area contributed by atoms with E-state index >= 15 is 0 Å². The van der Waals surface area contributed by atoms with E-state index in [-0.39, 0.29) is 43.8 Å². The van der Waals surface area contributed by atoms with Crippen LogP contribution in [-0.4, -0.2) is 82.6 Å². The molecule has 0 fully saturated rings. The van der Waals surface area contributed by atoms with Crippen LogP contribution in [0, 0.1) is 126 Å². The number of thiazole rings is 6. The number of benzene rings is 4. The van der Waals surface area contributed by atoms with Gasteiger partial charge in [-0.05, 0) is 217 Å². The van der Waals surface area contributed by atoms with Gasteiger partial charge in [0.25, 0.3) is 17.3 Å². The first-order chi connectivity index (χ1) is 67.7. The lowest BCUT2D eigenvalue weighted by molar-refractivity contribution is -0.383. The summed E-state index contributed by atoms with van der Waals surface area (Å²) in [4.78, 5) is 65.5. The van der Waals surface area contributed by atoms with E-state index in [2.05, 4.69) is 274 Å². The molecule has 35 heteroatoms. The van der Waals surface area contributed by atoms with Gasteiger partial charge in [-0.3, -0.25) is 20.6 Å². The summed E-state index contributed by atoms with van der Waals surface area (Å²) < 4.78 is 63.1. The van der Waals surface area contributed by atoms with E-state index in [1.54, 1.807) is 86.0 Å². The smallest absolute Gasteiger partial charge is 0.430 e. The van der Waals surface area contributed by atoms with E-state index in [0.717, 1.165) is 169 Å². The van der Waals surface area contributed by atoms with Crippen molar-refractivity contribution < 1.29 is 113 Å². The fourth-order valence-electron chi connectivity index (χ4n) is 12.0. The molecule has 144 heavy (non-hydrogen) atoms. The highest BCUT2D eigenvalue weighted by atomic mass is 35.5. The molecule has 12 heterocycles. The molecule has 19 nitrogen and oxygen atoms in total. The van der Waals surface area contributed by atoms with Gasteiger partial charge in [-0.1, -0.05) is 147 Å². The number of hydrogen-bond donors (Lipinski definition) is 3. The zero-order valence-corrected chi connectivity index (χ0v) is 88.4. The van der Waals surface area contributed by atoms with Gasteiger partial charge in [-0.15, -0.1) is 68.4 Å². The third-order valence-electron chi connectivity index (χ3n) is 19.7. The van der Waals surface area contributed by atoms with Crippen LogP contribution >= 0.6 is 79.8 Å². The molecule has 8 N–H and O–H groups in total. The molecular weight excluding hydrogens is 2030 g/mol. The standard InChI is InChI=1S/2C19H16N2S.C18H14N2OS.C18H14N2S2.C16H19N3S.C15H17N3S.2C2HF3O2.3ClH/c1-13-5-4-6-18(14(13)2)19-10-8-16(11-20-19)7-9-17-12-22-15(3)21-17;1-15-21-19(14-22-15)10-9-18-11-17(12-20-13-18)8-7-16-5-3-2-4-6-16;1-13-20-18(12-22-13)7-4-15-8-17(10-19-9-15)16-5-2-14(11-21)3-6-16;1-13-20-15(12-22-13)9-7-14-8-10-17(19-11-14)16-5-3-4-6-18(16)21-2;1-4-14(5-2)19-16-9-7-13(10-17-16)6-8-15-11-20-12(3)18-15;1-4-11(2)17-15-8-6-13(9-16-15)5-7-14-10-19-12(3)18-14;2*3-2(4,5)1(6)7;;;/h4-6,8,10-12H,1-3H3;2-6,11-14H,7-8H2,1H3;2-3,5-6,8-10,12,21H,11H2,1H3;3-6,8,10-12H,1-2H3;7,9-11,14H,4-5H2,1-3H3,(H,17,19);6,8-11H,4H2,1-3H3,(H,16,17);2*(H,6,7);3*1H/t;;;;;11-;;;;;/m.....1...../s1. The van der Waals surface area contributed by atoms with E-state index in [0.29, 0.717) is 12.1 Å². The molecule has 0 aliphatic heterocycles. The number of aromatic nitrogens is 12. The molecule has 0 saturated carbocycles. The van der Waals surface area contributed by atoms with Crippen LogP contribution in [0.3, 0.4) is 0 Å². The Balaban J connectivity index is 0.000000256. The number of carboxylic acids is 2. The van der Waals surface area contributed by atoms with Gasteiger partial charge in [0, 0.05) is 104 Å². The summed E-state index contributed by atoms with van der Waals surface area (Å²) >= 11 is 11.5. The van der Waals surface area contributed by atoms with Crippen molar-refractivity contribution in [2.45, 2.75) is 151 Å². The Labute approximate surface area is 882 Å². The molecule has 0 saturated heterocycles. The van der Waals surface area contributed by atoms with Crippen LogP contribution in [0.2, 0.25) is 0 Å². The summed E-state index contributed by atoms with van der Waals surface area (Å²) in [7, 11) is 0. The average molecular weight is 2130 g/mol. The largest absolute Gasteiger partial charge is 1.00 e. The predicted molar refractivity (Wildman–Crippen MR) is 547 cm³/mol. The van der Waals surface area contributed by atoms with Gasteiger partial charge in [-0.2, -0.15) is 31.3 Å². The minimum atomic E-state index is -5.19. The Morgan fingerprint density at radius 1 is 0.438 bits per heavy atom. The normalized spacial score (nSPS) is 10.2. The first-order valence-electron chi connectivity index (χ1n) is 43.9. The Hall–Kier alpha value is -13.8. The Morgan fingerprint density at radius 2 is 0.896 bits per heavy atom. The number of aryl methyl sites for hydroxylation is 9. The number of anilines is 2. The number of aliphatic hydroxyl groups is 1. The lowest BCUT2D eigenvalue weighted by atomic mass is 10.0. The molecule has 0 amide bonds. The molecule has 16 aromatic rings. The number of carbonyl (C=O) groups is 2. The maximum absolute atomic E-state index is 10.5. The van der Waals surface area contributed by atoms with E-state index in [9.17, 15) is 26.3 Å². The van der Waals surface area contributed by atoms with Gasteiger partial charge in [0.05, 0.1) is 82.6 Å². The van der Waals surface area contributed by atoms with Crippen molar-refractivity contribution in [2.75, 3.05) is 16.9 Å². The summed E-state index contributed by atoms with van der Waals surface area (Å²) in [5.74, 6) is 33.3. The van der Waals surface area contributed by atoms with Crippen molar-refractivity contribution in [2.24, 2.45) is 0 Å². The van der Waals surface area contributed by atoms with Gasteiger partial charge < -0.3 is 62.1 Å². The number of hydrogen-bond acceptors (Lipinski definition) is 21. The van der Waals surface area contributed by atoms with Gasteiger partial charge in [0.15, 0.2) is 18.6 Å². The van der Waals surface area contributed by atoms with Crippen LogP contribution in [0.5, 0.6) is 0 Å². The number of H-pyrrole nitrogens is 5. The van der Waals surface area contributed by atoms with Crippen molar-refractivity contribution in [3.63, 3.8) is 0 Å². The lowest BCUT2D eigenvalue weighted by Crippen LogP contribution is -3.00. The molecule has 0 aliphatic rings. The fourth-order valence-corrected chi connectivity index (χ4v) is 15.9. The number of rotatable bonds is 15. The number of carboxylic acid groups (broad SMARTS) is 2. The van der Waals surface area contributed by atoms with E-state index in [1.807, 2.05) is 190 Å². The monoisotopic (exact) mass is 2130 g/mol. The summed E-state index contributed by atoms with van der Waals surface area (Å²) in [6, 6.07) is 54.4. The van der Waals surface area contributed by atoms with Crippen molar-refractivity contribution in [1.82, 2.24) is 34.9 Å². The van der Waals surface area contributed by atoms with Crippen LogP contribution in [0.15, 0.2) is 244 Å². The van der Waals surface area contributed by atoms with E-state index in [1.165, 1.54) is 38.3 Å². The SMILES string of the molecule is CCC(CC)Nc1ccc(C#Cc2csc(C)n2)c[nH+]1.CC[C@@H](C)Nc1ccc(C#Cc2csc(C)n2)c[nH+]1.CSc1ccccc1-c1ccc(C#Cc2csc(C)n2)c[nH+]1.Cc1[nH+]c(C#Cc2c[nH+]cc(-c3ccc(CO)cc3)c2)cs1.Cc1nc(C#Cc2ccc(-c3cccc(C)c3C)nc2)cs1.Cc1nc(C#Cc2cncc(CCc3ccccc3)c2)cs1.O=C([O-])C(F)(F)F.O=C([O-])C(F)(F)F.[Cl-].[Cl-].[Cl-]. The van der Waals surface area contributed by atoms with Gasteiger partial charge >= 0.3 is 12.4 Å². The summed E-state index contributed by atoms with van der Waals surface area (Å²) in [5, 5.41) is 51.8. The maximum Gasteiger partial charge on any atom is 0.430 e. The molecule has 0 unspecified atom stereocenters. The van der Waals surface area contributed by atoms with E-state index in [4.69, 9.17) is 24.9 Å². The van der Waals surface area contributed by atoms with Gasteiger partial charge in [0.1, 0.15) is 52.8 Å². The first kappa shape index (κ1) is 119. The second-order valence-corrected chi connectivity index (χ2v) is 37.8. The lowest BCUT2D eigenvalue weighted by Gasteiger charge is -2.08. The molecule has 0 spiro atoms. The molecule has 0 bridgehead atoms. The number of aromatic amines is 5. The highest BCUT2D eigenvalue weighted by Gasteiger charge is 2.30. The molecule has 16 rings (SSSR count). The van der Waals surface area contributed by atoms with Crippen molar-refractivity contribution in [3.05, 3.63) is 365 Å². The zero-order chi connectivity index (χ0) is 102. The minimum absolute atomic E-state index is 0. The van der Waals surface area contributed by atoms with Crippen molar-refractivity contribution in [1.29, 1.82) is 0 Å². The Morgan fingerprint density at radius 3 is 1.33 bits per heavy atom. The van der Waals surface area contributed by atoms with Crippen LogP contribution in [0.1, 0.15) is 172 Å². The zero-order valence-electron chi connectivity index (χ0n) is 80.5. The summed E-state index contributed by atoms with van der Waals surface area (Å²) in [6.07, 6.45) is 12.2. The highest BCUT2D eigenvalue weighted by molar-refractivity contribution is 7.98. The average Bonchev–Trinajstić information content (AvgIpc) is 1.39. The van der Waals surface area contributed by atoms with E-state index < -0.39 is 24.3 Å². The Bertz CT molecular complexity index is 7130. The van der Waals surface area contributed by atoms with Crippen LogP contribution < -0.4 is 83.0 Å². The quantitative estimate of drug-likeness (QED) is 0.0489. The highest BCUT2D eigenvalue weighted by Crippen LogP contribution is 2.29. The van der Waals surface area contributed by atoms with Crippen LogP contribution in [0.4, 0.5) is 38.0 Å². The molecule has 0 radical (unpaired) electrons. The summed E-state index contributed by atoms with van der Waals surface area (Å²) in [6.45, 7) is 25.0. The first-order valence-corrected chi connectivity index (χ1v) is 50.4. The number of pyridine rings is 6. The Kier molecular flexibility index (Phi) is 51.1. The van der Waals surface area contributed by atoms with Gasteiger partial charge in [0.2, 0.25) is 10.7 Å². The molecule has 12 aromatic heterocycles. The third-order valence-corrected chi connectivity index (χ3v) is 25.1. The molecule has 742 valence electrons. The number of alkyl halides is 6. The number of aliphatic hydroxyl groups excluding tert-OH is 1. The molecular formula is C109H101Cl3F6N14O5S7. The topological polar surface area (TPSA) is 285 Å². The number of carbonyl (C=O) groups excluding carboxylic acids is 2.